The highest BCUT2D eigenvalue weighted by Gasteiger charge is 2.58. The van der Waals surface area contributed by atoms with Crippen molar-refractivity contribution in [3.63, 3.8) is 0 Å². The first-order chi connectivity index (χ1) is 13.5. The van der Waals surface area contributed by atoms with Gasteiger partial charge in [0.25, 0.3) is 0 Å². The van der Waals surface area contributed by atoms with E-state index in [2.05, 4.69) is 10.3 Å². The molecule has 1 spiro atoms. The van der Waals surface area contributed by atoms with Crippen LogP contribution in [0.4, 0.5) is 10.1 Å². The van der Waals surface area contributed by atoms with E-state index in [9.17, 15) is 14.0 Å². The average molecular weight is 402 g/mol. The van der Waals surface area contributed by atoms with E-state index in [-0.39, 0.29) is 29.0 Å². The van der Waals surface area contributed by atoms with Crippen LogP contribution in [-0.2, 0) is 16.0 Å². The van der Waals surface area contributed by atoms with Gasteiger partial charge in [-0.15, -0.1) is 11.3 Å². The molecule has 1 aliphatic heterocycles. The predicted molar refractivity (Wildman–Crippen MR) is 107 cm³/mol. The van der Waals surface area contributed by atoms with Crippen molar-refractivity contribution >= 4 is 28.8 Å². The van der Waals surface area contributed by atoms with E-state index in [0.717, 1.165) is 31.4 Å². The average Bonchev–Trinajstić information content (AvgIpc) is 3.22. The number of hydrogen-bond donors (Lipinski definition) is 1. The number of carbonyl (C=O) groups excluding carboxylic acids is 2. The van der Waals surface area contributed by atoms with Crippen LogP contribution in [0.1, 0.15) is 36.3 Å². The monoisotopic (exact) mass is 401 g/mol. The van der Waals surface area contributed by atoms with Crippen LogP contribution >= 0.6 is 11.3 Å². The first-order valence-electron chi connectivity index (χ1n) is 9.70. The van der Waals surface area contributed by atoms with Gasteiger partial charge >= 0.3 is 0 Å². The summed E-state index contributed by atoms with van der Waals surface area (Å²) in [6, 6.07) is 5.98. The second kappa shape index (κ2) is 7.62. The fourth-order valence-corrected chi connectivity index (χ4v) is 4.99. The maximum absolute atomic E-state index is 13.3. The number of nitrogens with one attached hydrogen (secondary N) is 1. The van der Waals surface area contributed by atoms with Crippen molar-refractivity contribution in [2.24, 2.45) is 11.3 Å². The minimum Gasteiger partial charge on any atom is -0.343 e. The zero-order valence-electron chi connectivity index (χ0n) is 15.9. The number of carbonyl (C=O) groups is 2. The van der Waals surface area contributed by atoms with E-state index in [1.54, 1.807) is 23.5 Å². The number of piperidine rings is 1. The van der Waals surface area contributed by atoms with Crippen LogP contribution in [0.15, 0.2) is 29.8 Å². The van der Waals surface area contributed by atoms with Crippen LogP contribution in [-0.4, -0.2) is 34.8 Å². The number of halogens is 1. The summed E-state index contributed by atoms with van der Waals surface area (Å²) in [5.41, 5.74) is 3.35. The van der Waals surface area contributed by atoms with Crippen molar-refractivity contribution in [1.82, 2.24) is 9.88 Å². The maximum Gasteiger partial charge on any atom is 0.228 e. The van der Waals surface area contributed by atoms with Crippen molar-refractivity contribution in [2.75, 3.05) is 18.4 Å². The number of thiazole rings is 1. The molecule has 0 bridgehead atoms. The minimum absolute atomic E-state index is 0.0163. The van der Waals surface area contributed by atoms with Gasteiger partial charge in [0.1, 0.15) is 5.82 Å². The highest BCUT2D eigenvalue weighted by atomic mass is 32.1. The number of benzene rings is 1. The summed E-state index contributed by atoms with van der Waals surface area (Å²) in [6.45, 7) is 3.40. The molecule has 1 aromatic carbocycles. The van der Waals surface area contributed by atoms with E-state index in [4.69, 9.17) is 0 Å². The number of aryl methyl sites for hydroxylation is 2. The number of amides is 2. The SMILES string of the molecule is Cc1ncsc1CCC(=O)N1CCC2(CC1)C[C@@H]2C(=O)Nc1cccc(F)c1. The minimum atomic E-state index is -0.358. The number of hydrogen-bond acceptors (Lipinski definition) is 4. The van der Waals surface area contributed by atoms with Crippen LogP contribution < -0.4 is 5.32 Å². The van der Waals surface area contributed by atoms with Crippen molar-refractivity contribution in [2.45, 2.75) is 39.0 Å². The van der Waals surface area contributed by atoms with Crippen LogP contribution in [0.2, 0.25) is 0 Å². The van der Waals surface area contributed by atoms with Gasteiger partial charge in [-0.2, -0.15) is 0 Å². The molecule has 2 aromatic rings. The Balaban J connectivity index is 1.25. The number of likely N-dealkylation sites (tertiary alicyclic amines) is 1. The third-order valence-electron chi connectivity index (χ3n) is 6.12. The largest absolute Gasteiger partial charge is 0.343 e. The van der Waals surface area contributed by atoms with Gasteiger partial charge in [0.05, 0.1) is 11.2 Å². The third kappa shape index (κ3) is 3.94. The second-order valence-electron chi connectivity index (χ2n) is 7.86. The molecule has 0 radical (unpaired) electrons. The first-order valence-corrected chi connectivity index (χ1v) is 10.6. The molecule has 2 amide bonds. The van der Waals surface area contributed by atoms with E-state index >= 15 is 0 Å². The summed E-state index contributed by atoms with van der Waals surface area (Å²) < 4.78 is 13.3. The Hall–Kier alpha value is -2.28. The molecule has 4 rings (SSSR count). The van der Waals surface area contributed by atoms with Gasteiger partial charge in [-0.25, -0.2) is 9.37 Å². The van der Waals surface area contributed by atoms with Crippen molar-refractivity contribution < 1.29 is 14.0 Å². The van der Waals surface area contributed by atoms with Crippen LogP contribution in [0.3, 0.4) is 0 Å². The molecule has 1 aromatic heterocycles. The molecule has 2 heterocycles. The van der Waals surface area contributed by atoms with Gasteiger partial charge in [-0.3, -0.25) is 9.59 Å². The van der Waals surface area contributed by atoms with E-state index in [1.165, 1.54) is 17.0 Å². The van der Waals surface area contributed by atoms with Crippen LogP contribution in [0, 0.1) is 24.1 Å². The molecule has 1 atom stereocenters. The zero-order chi connectivity index (χ0) is 19.7. The van der Waals surface area contributed by atoms with Gasteiger partial charge in [0.15, 0.2) is 0 Å². The van der Waals surface area contributed by atoms with Crippen molar-refractivity contribution in [3.8, 4) is 0 Å². The lowest BCUT2D eigenvalue weighted by molar-refractivity contribution is -0.132. The smallest absolute Gasteiger partial charge is 0.228 e. The van der Waals surface area contributed by atoms with E-state index in [0.29, 0.717) is 25.2 Å². The first kappa shape index (κ1) is 19.1. The molecule has 148 valence electrons. The summed E-state index contributed by atoms with van der Waals surface area (Å²) in [4.78, 5) is 32.4. The van der Waals surface area contributed by atoms with Gasteiger partial charge in [-0.05, 0) is 56.2 Å². The summed E-state index contributed by atoms with van der Waals surface area (Å²) in [5, 5.41) is 2.83. The Morgan fingerprint density at radius 2 is 2.14 bits per heavy atom. The van der Waals surface area contributed by atoms with Gasteiger partial charge in [0, 0.05) is 36.0 Å². The van der Waals surface area contributed by atoms with Crippen LogP contribution in [0.25, 0.3) is 0 Å². The third-order valence-corrected chi connectivity index (χ3v) is 7.12. The van der Waals surface area contributed by atoms with Crippen molar-refractivity contribution in [1.29, 1.82) is 0 Å². The quantitative estimate of drug-likeness (QED) is 0.829. The summed E-state index contributed by atoms with van der Waals surface area (Å²) in [6.07, 6.45) is 3.84. The molecule has 5 nitrogen and oxygen atoms in total. The van der Waals surface area contributed by atoms with Crippen LogP contribution in [0.5, 0.6) is 0 Å². The van der Waals surface area contributed by atoms with Gasteiger partial charge < -0.3 is 10.2 Å². The Morgan fingerprint density at radius 3 is 2.82 bits per heavy atom. The molecule has 1 saturated carbocycles. The molecule has 7 heteroatoms. The number of anilines is 1. The number of nitrogens with zero attached hydrogens (tertiary/aromatic N) is 2. The molecule has 2 aliphatic rings. The van der Waals surface area contributed by atoms with E-state index < -0.39 is 0 Å². The lowest BCUT2D eigenvalue weighted by atomic mass is 9.90. The molecule has 1 saturated heterocycles. The Bertz CT molecular complexity index is 889. The number of rotatable bonds is 5. The molecule has 1 aliphatic carbocycles. The number of aromatic nitrogens is 1. The van der Waals surface area contributed by atoms with E-state index in [1.807, 2.05) is 17.3 Å². The normalized spacial score (nSPS) is 20.2. The maximum atomic E-state index is 13.3. The Kier molecular flexibility index (Phi) is 5.19. The molecular weight excluding hydrogens is 377 g/mol. The fraction of sp³-hybridized carbons (Fsp3) is 0.476. The lowest BCUT2D eigenvalue weighted by Crippen LogP contribution is -2.40. The Labute approximate surface area is 168 Å². The zero-order valence-corrected chi connectivity index (χ0v) is 16.7. The molecular formula is C21H24FN3O2S. The molecule has 28 heavy (non-hydrogen) atoms. The molecule has 1 N–H and O–H groups in total. The van der Waals surface area contributed by atoms with Crippen molar-refractivity contribution in [3.05, 3.63) is 46.2 Å². The summed E-state index contributed by atoms with van der Waals surface area (Å²) in [7, 11) is 0. The highest BCUT2D eigenvalue weighted by molar-refractivity contribution is 7.09. The van der Waals surface area contributed by atoms with Gasteiger partial charge in [0.2, 0.25) is 11.8 Å². The highest BCUT2D eigenvalue weighted by Crippen LogP contribution is 2.59. The lowest BCUT2D eigenvalue weighted by Gasteiger charge is -2.33. The Morgan fingerprint density at radius 1 is 1.36 bits per heavy atom. The molecule has 2 fully saturated rings. The standard InChI is InChI=1S/C21H24FN3O2S/c1-14-18(28-13-23-14)5-6-19(26)25-9-7-21(8-10-25)12-17(21)20(27)24-16-4-2-3-15(22)11-16/h2-4,11,13,17H,5-10,12H2,1H3,(H,24,27)/t17-/m1/s1. The fourth-order valence-electron chi connectivity index (χ4n) is 4.21. The van der Waals surface area contributed by atoms with Gasteiger partial charge in [-0.1, -0.05) is 6.07 Å². The summed E-state index contributed by atoms with van der Waals surface area (Å²) >= 11 is 1.60. The summed E-state index contributed by atoms with van der Waals surface area (Å²) in [5.74, 6) is -0.244. The molecule has 0 unspecified atom stereocenters. The predicted octanol–water partition coefficient (Wildman–Crippen LogP) is 3.79. The second-order valence-corrected chi connectivity index (χ2v) is 8.80. The topological polar surface area (TPSA) is 62.3 Å².